The fourth-order valence-electron chi connectivity index (χ4n) is 6.39. The van der Waals surface area contributed by atoms with Crippen LogP contribution in [0.2, 0.25) is 5.02 Å². The van der Waals surface area contributed by atoms with E-state index in [-0.39, 0.29) is 11.0 Å². The van der Waals surface area contributed by atoms with Crippen LogP contribution in [0, 0.1) is 0 Å². The lowest BCUT2D eigenvalue weighted by atomic mass is 9.87. The second-order valence-electron chi connectivity index (χ2n) is 13.1. The highest BCUT2D eigenvalue weighted by Crippen LogP contribution is 2.36. The Bertz CT molecular complexity index is 1760. The Hall–Kier alpha value is -4.09. The van der Waals surface area contributed by atoms with Crippen molar-refractivity contribution in [3.05, 3.63) is 118 Å². The molecule has 1 aromatic heterocycles. The number of carboxylic acids is 1. The van der Waals surface area contributed by atoms with Crippen LogP contribution in [0.3, 0.4) is 0 Å². The van der Waals surface area contributed by atoms with Crippen molar-refractivity contribution in [3.8, 4) is 11.4 Å². The molecule has 0 saturated heterocycles. The van der Waals surface area contributed by atoms with Gasteiger partial charge in [0.25, 0.3) is 0 Å². The zero-order valence-electron chi connectivity index (χ0n) is 25.8. The molecule has 1 saturated carbocycles. The Balaban J connectivity index is 1.33. The summed E-state index contributed by atoms with van der Waals surface area (Å²) in [5, 5.41) is 10.3. The van der Waals surface area contributed by atoms with E-state index >= 15 is 0 Å². The number of benzene rings is 4. The minimum Gasteiger partial charge on any atom is -0.478 e. The molecule has 0 spiro atoms. The fraction of sp³-hybridized carbons (Fsp3) is 0.316. The normalized spacial score (nSPS) is 14.2. The maximum atomic E-state index is 11.7. The molecule has 6 rings (SSSR count). The smallest absolute Gasteiger partial charge is 0.335 e. The molecule has 226 valence electrons. The van der Waals surface area contributed by atoms with Crippen LogP contribution in [0.1, 0.15) is 86.0 Å². The van der Waals surface area contributed by atoms with Gasteiger partial charge < -0.3 is 14.6 Å². The first kappa shape index (κ1) is 30.0. The minimum atomic E-state index is -0.930. The van der Waals surface area contributed by atoms with Gasteiger partial charge in [-0.2, -0.15) is 0 Å². The Morgan fingerprint density at radius 3 is 2.25 bits per heavy atom. The van der Waals surface area contributed by atoms with Gasteiger partial charge in [0.15, 0.2) is 0 Å². The van der Waals surface area contributed by atoms with Crippen LogP contribution in [0.15, 0.2) is 91.0 Å². The first-order chi connectivity index (χ1) is 21.2. The summed E-state index contributed by atoms with van der Waals surface area (Å²) in [4.78, 5) is 19.1. The molecule has 4 aromatic carbocycles. The maximum absolute atomic E-state index is 11.7. The Kier molecular flexibility index (Phi) is 8.50. The fourth-order valence-corrected chi connectivity index (χ4v) is 6.60. The highest BCUT2D eigenvalue weighted by molar-refractivity contribution is 6.30. The van der Waals surface area contributed by atoms with Gasteiger partial charge in [-0.05, 0) is 77.4 Å². The van der Waals surface area contributed by atoms with Crippen molar-refractivity contribution >= 4 is 34.3 Å². The topological polar surface area (TPSA) is 58.4 Å². The van der Waals surface area contributed by atoms with Gasteiger partial charge in [0.2, 0.25) is 0 Å². The number of carboxylic acid groups (broad SMARTS) is 1. The van der Waals surface area contributed by atoms with Crippen LogP contribution < -0.4 is 4.90 Å². The van der Waals surface area contributed by atoms with Gasteiger partial charge in [-0.3, -0.25) is 0 Å². The third kappa shape index (κ3) is 6.53. The second kappa shape index (κ2) is 12.5. The summed E-state index contributed by atoms with van der Waals surface area (Å²) in [6.45, 7) is 8.19. The molecule has 5 nitrogen and oxygen atoms in total. The van der Waals surface area contributed by atoms with E-state index in [1.807, 2.05) is 24.3 Å². The SMILES string of the molecule is CC(C)(C)c1ccc(N(Cc2ccc(-c3nc4cc(C(=O)O)ccc4n3C3CCCCC3)cc2)Cc2cccc(Cl)c2)cc1. The lowest BCUT2D eigenvalue weighted by molar-refractivity contribution is 0.0697. The van der Waals surface area contributed by atoms with Crippen molar-refractivity contribution in [1.82, 2.24) is 9.55 Å². The van der Waals surface area contributed by atoms with Gasteiger partial charge in [-0.15, -0.1) is 0 Å². The molecule has 6 heteroatoms. The highest BCUT2D eigenvalue weighted by Gasteiger charge is 2.23. The zero-order chi connectivity index (χ0) is 30.8. The lowest BCUT2D eigenvalue weighted by Gasteiger charge is -2.27. The molecule has 0 unspecified atom stereocenters. The molecular formula is C38H40ClN3O2. The third-order valence-corrected chi connectivity index (χ3v) is 9.06. The molecule has 1 aliphatic rings. The Morgan fingerprint density at radius 2 is 1.59 bits per heavy atom. The summed E-state index contributed by atoms with van der Waals surface area (Å²) in [6.07, 6.45) is 5.90. The summed E-state index contributed by atoms with van der Waals surface area (Å²) in [5.74, 6) is -0.0186. The van der Waals surface area contributed by atoms with Crippen LogP contribution in [0.5, 0.6) is 0 Å². The molecule has 1 heterocycles. The number of hydrogen-bond acceptors (Lipinski definition) is 3. The first-order valence-electron chi connectivity index (χ1n) is 15.6. The summed E-state index contributed by atoms with van der Waals surface area (Å²) < 4.78 is 2.36. The number of imidazole rings is 1. The van der Waals surface area contributed by atoms with E-state index in [9.17, 15) is 9.90 Å². The molecule has 0 aliphatic heterocycles. The van der Waals surface area contributed by atoms with Crippen molar-refractivity contribution in [2.75, 3.05) is 4.90 Å². The molecule has 0 atom stereocenters. The number of rotatable bonds is 8. The number of halogens is 1. The van der Waals surface area contributed by atoms with Crippen molar-refractivity contribution in [2.45, 2.75) is 77.4 Å². The highest BCUT2D eigenvalue weighted by atomic mass is 35.5. The molecule has 0 bridgehead atoms. The molecular weight excluding hydrogens is 566 g/mol. The zero-order valence-corrected chi connectivity index (χ0v) is 26.5. The van der Waals surface area contributed by atoms with E-state index in [1.54, 1.807) is 12.1 Å². The number of nitrogens with zero attached hydrogens (tertiary/aromatic N) is 3. The molecule has 44 heavy (non-hydrogen) atoms. The van der Waals surface area contributed by atoms with Gasteiger partial charge >= 0.3 is 5.97 Å². The Morgan fingerprint density at radius 1 is 0.886 bits per heavy atom. The summed E-state index contributed by atoms with van der Waals surface area (Å²) >= 11 is 6.35. The van der Waals surface area contributed by atoms with Crippen LogP contribution >= 0.6 is 11.6 Å². The number of aromatic nitrogens is 2. The summed E-state index contributed by atoms with van der Waals surface area (Å²) in [6, 6.07) is 31.4. The van der Waals surface area contributed by atoms with Crippen LogP contribution in [0.25, 0.3) is 22.4 Å². The third-order valence-electron chi connectivity index (χ3n) is 8.82. The van der Waals surface area contributed by atoms with E-state index < -0.39 is 5.97 Å². The minimum absolute atomic E-state index is 0.0927. The maximum Gasteiger partial charge on any atom is 0.335 e. The number of anilines is 1. The van der Waals surface area contributed by atoms with E-state index in [2.05, 4.69) is 84.8 Å². The predicted octanol–water partition coefficient (Wildman–Crippen LogP) is 10.1. The number of aromatic carboxylic acids is 1. The van der Waals surface area contributed by atoms with E-state index in [4.69, 9.17) is 16.6 Å². The number of fused-ring (bicyclic) bond motifs is 1. The number of carbonyl (C=O) groups is 1. The van der Waals surface area contributed by atoms with Gasteiger partial charge in [0.1, 0.15) is 5.82 Å². The Labute approximate surface area is 265 Å². The van der Waals surface area contributed by atoms with Crippen LogP contribution in [-0.4, -0.2) is 20.6 Å². The van der Waals surface area contributed by atoms with Gasteiger partial charge in [0.05, 0.1) is 16.6 Å². The van der Waals surface area contributed by atoms with Crippen LogP contribution in [0.4, 0.5) is 5.69 Å². The first-order valence-corrected chi connectivity index (χ1v) is 16.0. The molecule has 0 radical (unpaired) electrons. The molecule has 1 fully saturated rings. The monoisotopic (exact) mass is 605 g/mol. The van der Waals surface area contributed by atoms with Crippen molar-refractivity contribution < 1.29 is 9.90 Å². The largest absolute Gasteiger partial charge is 0.478 e. The molecule has 5 aromatic rings. The van der Waals surface area contributed by atoms with E-state index in [1.165, 1.54) is 30.4 Å². The van der Waals surface area contributed by atoms with Gasteiger partial charge in [0, 0.05) is 35.4 Å². The van der Waals surface area contributed by atoms with Crippen molar-refractivity contribution in [1.29, 1.82) is 0 Å². The molecule has 0 amide bonds. The van der Waals surface area contributed by atoms with Gasteiger partial charge in [-0.1, -0.05) is 100 Å². The van der Waals surface area contributed by atoms with Crippen molar-refractivity contribution in [2.24, 2.45) is 0 Å². The van der Waals surface area contributed by atoms with Crippen molar-refractivity contribution in [3.63, 3.8) is 0 Å². The predicted molar refractivity (Wildman–Crippen MR) is 181 cm³/mol. The quantitative estimate of drug-likeness (QED) is 0.191. The van der Waals surface area contributed by atoms with E-state index in [0.717, 1.165) is 64.6 Å². The summed E-state index contributed by atoms with van der Waals surface area (Å²) in [5.41, 5.74) is 7.98. The van der Waals surface area contributed by atoms with E-state index in [0.29, 0.717) is 6.04 Å². The average molecular weight is 606 g/mol. The lowest BCUT2D eigenvalue weighted by Crippen LogP contribution is -2.22. The van der Waals surface area contributed by atoms with Crippen LogP contribution in [-0.2, 0) is 18.5 Å². The van der Waals surface area contributed by atoms with Gasteiger partial charge in [-0.25, -0.2) is 9.78 Å². The standard InChI is InChI=1S/C38H40ClN3O2/c1-38(2,3)30-17-19-32(20-18-30)41(25-27-8-7-9-31(39)22-27)24-26-12-14-28(15-13-26)36-40-34-23-29(37(43)44)16-21-35(34)42(36)33-10-5-4-6-11-33/h7-9,12-23,33H,4-6,10-11,24-25H2,1-3H3,(H,43,44). The average Bonchev–Trinajstić information content (AvgIpc) is 3.40. The second-order valence-corrected chi connectivity index (χ2v) is 13.5. The molecule has 1 N–H and O–H groups in total. The molecule has 1 aliphatic carbocycles. The summed E-state index contributed by atoms with van der Waals surface area (Å²) in [7, 11) is 0. The number of hydrogen-bond donors (Lipinski definition) is 1.